The van der Waals surface area contributed by atoms with Gasteiger partial charge < -0.3 is 10.0 Å². The van der Waals surface area contributed by atoms with Gasteiger partial charge in [-0.15, -0.1) is 0 Å². The lowest BCUT2D eigenvalue weighted by atomic mass is 9.87. The lowest BCUT2D eigenvalue weighted by Crippen LogP contribution is -2.49. The van der Waals surface area contributed by atoms with Gasteiger partial charge in [0.25, 0.3) is 5.91 Å². The van der Waals surface area contributed by atoms with Crippen LogP contribution in [-0.2, 0) is 0 Å². The standard InChI is InChI=1S/C17H22ClNO2/c18-14-8-2-1-6-12(14)17(21)19-11-4-3-9-15(19)13-7-5-10-16(13)20/h1-2,6,8,13,15-16,20H,3-5,7,9-11H2. The molecule has 3 rings (SSSR count). The van der Waals surface area contributed by atoms with Crippen molar-refractivity contribution in [2.75, 3.05) is 6.54 Å². The molecule has 0 spiro atoms. The van der Waals surface area contributed by atoms with Crippen molar-refractivity contribution in [1.82, 2.24) is 4.90 Å². The summed E-state index contributed by atoms with van der Waals surface area (Å²) in [4.78, 5) is 14.8. The monoisotopic (exact) mass is 307 g/mol. The first-order valence-corrected chi connectivity index (χ1v) is 8.30. The average molecular weight is 308 g/mol. The zero-order valence-electron chi connectivity index (χ0n) is 12.2. The summed E-state index contributed by atoms with van der Waals surface area (Å²) in [7, 11) is 0. The molecule has 2 fully saturated rings. The van der Waals surface area contributed by atoms with Crippen molar-refractivity contribution in [2.24, 2.45) is 5.92 Å². The molecule has 0 radical (unpaired) electrons. The van der Waals surface area contributed by atoms with Crippen LogP contribution in [0.5, 0.6) is 0 Å². The number of benzene rings is 1. The minimum Gasteiger partial charge on any atom is -0.393 e. The van der Waals surface area contributed by atoms with Crippen molar-refractivity contribution in [1.29, 1.82) is 0 Å². The molecule has 1 aliphatic heterocycles. The topological polar surface area (TPSA) is 40.5 Å². The number of carbonyl (C=O) groups excluding carboxylic acids is 1. The second-order valence-electron chi connectivity index (χ2n) is 6.20. The fourth-order valence-electron chi connectivity index (χ4n) is 3.86. The number of hydrogen-bond donors (Lipinski definition) is 1. The largest absolute Gasteiger partial charge is 0.393 e. The Bertz CT molecular complexity index is 519. The summed E-state index contributed by atoms with van der Waals surface area (Å²) in [6.45, 7) is 0.776. The predicted molar refractivity (Wildman–Crippen MR) is 83.5 cm³/mol. The first-order chi connectivity index (χ1) is 10.2. The van der Waals surface area contributed by atoms with Gasteiger partial charge in [-0.1, -0.05) is 30.2 Å². The number of hydrogen-bond acceptors (Lipinski definition) is 2. The highest BCUT2D eigenvalue weighted by atomic mass is 35.5. The number of halogens is 1. The van der Waals surface area contributed by atoms with Crippen molar-refractivity contribution < 1.29 is 9.90 Å². The zero-order valence-corrected chi connectivity index (χ0v) is 12.9. The number of piperidine rings is 1. The van der Waals surface area contributed by atoms with Crippen LogP contribution >= 0.6 is 11.6 Å². The van der Waals surface area contributed by atoms with Crippen LogP contribution in [0.25, 0.3) is 0 Å². The van der Waals surface area contributed by atoms with Gasteiger partial charge in [0.1, 0.15) is 0 Å². The minimum absolute atomic E-state index is 0.0180. The van der Waals surface area contributed by atoms with E-state index in [1.165, 1.54) is 0 Å². The van der Waals surface area contributed by atoms with E-state index in [0.717, 1.165) is 45.1 Å². The molecule has 0 bridgehead atoms. The molecule has 1 N–H and O–H groups in total. The van der Waals surface area contributed by atoms with Gasteiger partial charge in [0.2, 0.25) is 0 Å². The van der Waals surface area contributed by atoms with Gasteiger partial charge in [-0.2, -0.15) is 0 Å². The third-order valence-electron chi connectivity index (χ3n) is 4.94. The van der Waals surface area contributed by atoms with Crippen molar-refractivity contribution in [2.45, 2.75) is 50.7 Å². The van der Waals surface area contributed by atoms with E-state index in [4.69, 9.17) is 11.6 Å². The second kappa shape index (κ2) is 6.37. The maximum atomic E-state index is 12.9. The van der Waals surface area contributed by atoms with Crippen molar-refractivity contribution in [3.8, 4) is 0 Å². The Morgan fingerprint density at radius 3 is 2.67 bits per heavy atom. The Labute approximate surface area is 130 Å². The number of likely N-dealkylation sites (tertiary alicyclic amines) is 1. The summed E-state index contributed by atoms with van der Waals surface area (Å²) in [5.74, 6) is 0.251. The lowest BCUT2D eigenvalue weighted by Gasteiger charge is -2.40. The molecule has 3 atom stereocenters. The molecule has 114 valence electrons. The lowest BCUT2D eigenvalue weighted by molar-refractivity contribution is 0.0288. The molecule has 1 saturated heterocycles. The quantitative estimate of drug-likeness (QED) is 0.908. The highest BCUT2D eigenvalue weighted by Gasteiger charge is 2.39. The van der Waals surface area contributed by atoms with Crippen LogP contribution in [0.4, 0.5) is 0 Å². The van der Waals surface area contributed by atoms with Crippen LogP contribution in [0.1, 0.15) is 48.9 Å². The normalized spacial score (nSPS) is 29.6. The molecule has 1 aromatic rings. The van der Waals surface area contributed by atoms with Crippen molar-refractivity contribution >= 4 is 17.5 Å². The number of rotatable bonds is 2. The number of aliphatic hydroxyl groups excluding tert-OH is 1. The number of nitrogens with zero attached hydrogens (tertiary/aromatic N) is 1. The molecule has 4 heteroatoms. The predicted octanol–water partition coefficient (Wildman–Crippen LogP) is 3.50. The molecule has 1 aliphatic carbocycles. The third-order valence-corrected chi connectivity index (χ3v) is 5.27. The van der Waals surface area contributed by atoms with E-state index < -0.39 is 0 Å². The van der Waals surface area contributed by atoms with E-state index in [0.29, 0.717) is 10.6 Å². The summed E-state index contributed by atoms with van der Waals surface area (Å²) in [5.41, 5.74) is 0.582. The summed E-state index contributed by atoms with van der Waals surface area (Å²) in [5, 5.41) is 10.7. The average Bonchev–Trinajstić information content (AvgIpc) is 2.93. The van der Waals surface area contributed by atoms with Crippen LogP contribution in [-0.4, -0.2) is 34.6 Å². The molecule has 1 saturated carbocycles. The van der Waals surface area contributed by atoms with Gasteiger partial charge in [0.05, 0.1) is 16.7 Å². The van der Waals surface area contributed by atoms with Gasteiger partial charge in [0.15, 0.2) is 0 Å². The molecule has 1 heterocycles. The van der Waals surface area contributed by atoms with Gasteiger partial charge in [0, 0.05) is 18.5 Å². The summed E-state index contributed by atoms with van der Waals surface area (Å²) in [6.07, 6.45) is 5.88. The molecule has 3 unspecified atom stereocenters. The molecule has 21 heavy (non-hydrogen) atoms. The summed E-state index contributed by atoms with van der Waals surface area (Å²) in [6, 6.07) is 7.41. The van der Waals surface area contributed by atoms with Gasteiger partial charge in [-0.25, -0.2) is 0 Å². The van der Waals surface area contributed by atoms with E-state index in [1.807, 2.05) is 17.0 Å². The van der Waals surface area contributed by atoms with Crippen LogP contribution in [0.3, 0.4) is 0 Å². The Kier molecular flexibility index (Phi) is 4.51. The minimum atomic E-state index is -0.255. The maximum absolute atomic E-state index is 12.9. The van der Waals surface area contributed by atoms with Gasteiger partial charge in [-0.3, -0.25) is 4.79 Å². The number of aliphatic hydroxyl groups is 1. The van der Waals surface area contributed by atoms with E-state index in [9.17, 15) is 9.90 Å². The number of carbonyl (C=O) groups is 1. The smallest absolute Gasteiger partial charge is 0.255 e. The summed E-state index contributed by atoms with van der Waals surface area (Å²) >= 11 is 6.18. The van der Waals surface area contributed by atoms with E-state index in [1.54, 1.807) is 12.1 Å². The Hall–Kier alpha value is -1.06. The van der Waals surface area contributed by atoms with Crippen LogP contribution in [0.2, 0.25) is 5.02 Å². The Morgan fingerprint density at radius 1 is 1.14 bits per heavy atom. The van der Waals surface area contributed by atoms with Crippen molar-refractivity contribution in [3.63, 3.8) is 0 Å². The number of amides is 1. The third kappa shape index (κ3) is 2.95. The van der Waals surface area contributed by atoms with Gasteiger partial charge in [-0.05, 0) is 44.2 Å². The van der Waals surface area contributed by atoms with Crippen LogP contribution < -0.4 is 0 Å². The fourth-order valence-corrected chi connectivity index (χ4v) is 4.08. The highest BCUT2D eigenvalue weighted by molar-refractivity contribution is 6.33. The van der Waals surface area contributed by atoms with Crippen LogP contribution in [0, 0.1) is 5.92 Å². The van der Waals surface area contributed by atoms with Crippen LogP contribution in [0.15, 0.2) is 24.3 Å². The molecule has 1 aromatic carbocycles. The molecular formula is C17H22ClNO2. The molecule has 1 amide bonds. The van der Waals surface area contributed by atoms with E-state index >= 15 is 0 Å². The molecule has 2 aliphatic rings. The first-order valence-electron chi connectivity index (χ1n) is 7.92. The highest BCUT2D eigenvalue weighted by Crippen LogP contribution is 2.36. The fraction of sp³-hybridized carbons (Fsp3) is 0.588. The molecule has 0 aromatic heterocycles. The molecule has 3 nitrogen and oxygen atoms in total. The maximum Gasteiger partial charge on any atom is 0.255 e. The summed E-state index contributed by atoms with van der Waals surface area (Å²) < 4.78 is 0. The second-order valence-corrected chi connectivity index (χ2v) is 6.61. The van der Waals surface area contributed by atoms with E-state index in [-0.39, 0.29) is 24.0 Å². The molecular weight excluding hydrogens is 286 g/mol. The Balaban J connectivity index is 1.84. The zero-order chi connectivity index (χ0) is 14.8. The van der Waals surface area contributed by atoms with E-state index in [2.05, 4.69) is 0 Å². The first kappa shape index (κ1) is 14.9. The van der Waals surface area contributed by atoms with Gasteiger partial charge >= 0.3 is 0 Å². The Morgan fingerprint density at radius 2 is 1.95 bits per heavy atom. The van der Waals surface area contributed by atoms with Crippen molar-refractivity contribution in [3.05, 3.63) is 34.9 Å². The SMILES string of the molecule is O=C(c1ccccc1Cl)N1CCCCC1C1CCCC1O.